The fourth-order valence-electron chi connectivity index (χ4n) is 2.38. The number of halogens is 1. The molecule has 2 rings (SSSR count). The molecule has 1 aliphatic heterocycles. The standard InChI is InChI=1S/C14H16FNO3S/c1-2-7-16-11(17)8-20-13(14(18)19)12(16)9-3-5-10(15)6-4-9/h3-6,12-13H,2,7-8H2,1H3,(H,18,19). The van der Waals surface area contributed by atoms with Crippen molar-refractivity contribution in [3.63, 3.8) is 0 Å². The summed E-state index contributed by atoms with van der Waals surface area (Å²) in [4.78, 5) is 25.1. The zero-order valence-corrected chi connectivity index (χ0v) is 11.9. The summed E-state index contributed by atoms with van der Waals surface area (Å²) in [7, 11) is 0. The van der Waals surface area contributed by atoms with Gasteiger partial charge in [0.25, 0.3) is 0 Å². The molecule has 1 N–H and O–H groups in total. The molecule has 1 saturated heterocycles. The SMILES string of the molecule is CCCN1C(=O)CSC(C(=O)O)C1c1ccc(F)cc1. The summed E-state index contributed by atoms with van der Waals surface area (Å²) < 4.78 is 13.0. The predicted octanol–water partition coefficient (Wildman–Crippen LogP) is 2.31. The number of carboxylic acids is 1. The molecule has 0 radical (unpaired) electrons. The van der Waals surface area contributed by atoms with Gasteiger partial charge in [-0.1, -0.05) is 19.1 Å². The van der Waals surface area contributed by atoms with Gasteiger partial charge in [-0.2, -0.15) is 0 Å². The van der Waals surface area contributed by atoms with Crippen LogP contribution in [0.15, 0.2) is 24.3 Å². The summed E-state index contributed by atoms with van der Waals surface area (Å²) in [6.07, 6.45) is 0.750. The molecule has 0 bridgehead atoms. The van der Waals surface area contributed by atoms with E-state index in [1.165, 1.54) is 12.1 Å². The van der Waals surface area contributed by atoms with Crippen LogP contribution < -0.4 is 0 Å². The van der Waals surface area contributed by atoms with Crippen molar-refractivity contribution < 1.29 is 19.1 Å². The Morgan fingerprint density at radius 1 is 1.45 bits per heavy atom. The zero-order valence-electron chi connectivity index (χ0n) is 11.1. The molecule has 0 spiro atoms. The van der Waals surface area contributed by atoms with Gasteiger partial charge in [0.05, 0.1) is 11.8 Å². The van der Waals surface area contributed by atoms with Crippen molar-refractivity contribution in [2.75, 3.05) is 12.3 Å². The van der Waals surface area contributed by atoms with Crippen LogP contribution in [0.25, 0.3) is 0 Å². The van der Waals surface area contributed by atoms with Crippen LogP contribution in [0, 0.1) is 5.82 Å². The van der Waals surface area contributed by atoms with Gasteiger partial charge < -0.3 is 10.0 Å². The van der Waals surface area contributed by atoms with Gasteiger partial charge in [-0.05, 0) is 24.1 Å². The summed E-state index contributed by atoms with van der Waals surface area (Å²) in [5.74, 6) is -1.21. The van der Waals surface area contributed by atoms with E-state index in [1.807, 2.05) is 6.92 Å². The van der Waals surface area contributed by atoms with Crippen LogP contribution in [-0.2, 0) is 9.59 Å². The number of benzene rings is 1. The number of rotatable bonds is 4. The quantitative estimate of drug-likeness (QED) is 0.926. The van der Waals surface area contributed by atoms with Crippen molar-refractivity contribution >= 4 is 23.6 Å². The van der Waals surface area contributed by atoms with Crippen LogP contribution in [0.5, 0.6) is 0 Å². The lowest BCUT2D eigenvalue weighted by Gasteiger charge is -2.39. The second kappa shape index (κ2) is 6.26. The summed E-state index contributed by atoms with van der Waals surface area (Å²) in [5.41, 5.74) is 0.660. The molecule has 1 amide bonds. The molecular weight excluding hydrogens is 281 g/mol. The number of hydrogen-bond donors (Lipinski definition) is 1. The average molecular weight is 297 g/mol. The third-order valence-corrected chi connectivity index (χ3v) is 4.48. The highest BCUT2D eigenvalue weighted by molar-refractivity contribution is 8.01. The van der Waals surface area contributed by atoms with Crippen LogP contribution in [0.4, 0.5) is 4.39 Å². The van der Waals surface area contributed by atoms with E-state index in [-0.39, 0.29) is 17.5 Å². The van der Waals surface area contributed by atoms with Gasteiger partial charge in [-0.15, -0.1) is 11.8 Å². The third kappa shape index (κ3) is 2.95. The Labute approximate surface area is 121 Å². The minimum absolute atomic E-state index is 0.0660. The normalized spacial score (nSPS) is 22.9. The van der Waals surface area contributed by atoms with Crippen LogP contribution in [0.1, 0.15) is 24.9 Å². The first kappa shape index (κ1) is 14.8. The highest BCUT2D eigenvalue weighted by Gasteiger charge is 2.40. The molecule has 2 atom stereocenters. The lowest BCUT2D eigenvalue weighted by Crippen LogP contribution is -2.48. The Morgan fingerprint density at radius 2 is 2.10 bits per heavy atom. The molecule has 1 heterocycles. The van der Waals surface area contributed by atoms with Crippen molar-refractivity contribution in [2.45, 2.75) is 24.6 Å². The van der Waals surface area contributed by atoms with Crippen molar-refractivity contribution in [3.05, 3.63) is 35.6 Å². The van der Waals surface area contributed by atoms with Crippen LogP contribution >= 0.6 is 11.8 Å². The van der Waals surface area contributed by atoms with Gasteiger partial charge in [0, 0.05) is 6.54 Å². The third-order valence-electron chi connectivity index (χ3n) is 3.25. The minimum atomic E-state index is -0.946. The molecule has 0 saturated carbocycles. The molecule has 108 valence electrons. The van der Waals surface area contributed by atoms with Gasteiger partial charge in [0.15, 0.2) is 0 Å². The maximum atomic E-state index is 13.0. The lowest BCUT2D eigenvalue weighted by atomic mass is 10.0. The topological polar surface area (TPSA) is 57.6 Å². The monoisotopic (exact) mass is 297 g/mol. The van der Waals surface area contributed by atoms with E-state index in [0.717, 1.165) is 18.2 Å². The Hall–Kier alpha value is -1.56. The van der Waals surface area contributed by atoms with Crippen molar-refractivity contribution in [2.24, 2.45) is 0 Å². The highest BCUT2D eigenvalue weighted by Crippen LogP contribution is 2.37. The molecule has 1 aromatic carbocycles. The van der Waals surface area contributed by atoms with Crippen LogP contribution in [0.2, 0.25) is 0 Å². The van der Waals surface area contributed by atoms with Gasteiger partial charge in [-0.3, -0.25) is 9.59 Å². The Morgan fingerprint density at radius 3 is 2.65 bits per heavy atom. The van der Waals surface area contributed by atoms with E-state index in [4.69, 9.17) is 0 Å². The molecule has 0 aliphatic carbocycles. The van der Waals surface area contributed by atoms with Crippen molar-refractivity contribution in [3.8, 4) is 0 Å². The molecule has 6 heteroatoms. The molecule has 2 unspecified atom stereocenters. The maximum Gasteiger partial charge on any atom is 0.319 e. The summed E-state index contributed by atoms with van der Waals surface area (Å²) in [5, 5.41) is 8.65. The summed E-state index contributed by atoms with van der Waals surface area (Å²) in [6, 6.07) is 5.15. The van der Waals surface area contributed by atoms with E-state index in [2.05, 4.69) is 0 Å². The second-order valence-corrected chi connectivity index (χ2v) is 5.78. The molecule has 1 aromatic rings. The minimum Gasteiger partial charge on any atom is -0.480 e. The first-order chi connectivity index (χ1) is 9.54. The van der Waals surface area contributed by atoms with Gasteiger partial charge >= 0.3 is 5.97 Å². The van der Waals surface area contributed by atoms with Crippen LogP contribution in [-0.4, -0.2) is 39.4 Å². The number of amides is 1. The second-order valence-electron chi connectivity index (χ2n) is 4.65. The first-order valence-corrected chi connectivity index (χ1v) is 7.48. The van der Waals surface area contributed by atoms with Gasteiger partial charge in [0.1, 0.15) is 11.1 Å². The zero-order chi connectivity index (χ0) is 14.7. The van der Waals surface area contributed by atoms with Gasteiger partial charge in [0.2, 0.25) is 5.91 Å². The molecule has 1 aliphatic rings. The smallest absolute Gasteiger partial charge is 0.319 e. The van der Waals surface area contributed by atoms with Crippen molar-refractivity contribution in [1.82, 2.24) is 4.90 Å². The number of carbonyl (C=O) groups excluding carboxylic acids is 1. The number of carbonyl (C=O) groups is 2. The van der Waals surface area contributed by atoms with Crippen molar-refractivity contribution in [1.29, 1.82) is 0 Å². The average Bonchev–Trinajstić information content (AvgIpc) is 2.42. The molecule has 20 heavy (non-hydrogen) atoms. The van der Waals surface area contributed by atoms with E-state index < -0.39 is 17.3 Å². The maximum absolute atomic E-state index is 13.0. The number of thioether (sulfide) groups is 1. The largest absolute Gasteiger partial charge is 0.480 e. The van der Waals surface area contributed by atoms with E-state index in [1.54, 1.807) is 17.0 Å². The molecule has 0 aromatic heterocycles. The number of nitrogens with zero attached hydrogens (tertiary/aromatic N) is 1. The Balaban J connectivity index is 2.39. The summed E-state index contributed by atoms with van der Waals surface area (Å²) >= 11 is 1.13. The molecular formula is C14H16FNO3S. The fourth-order valence-corrected chi connectivity index (χ4v) is 3.50. The highest BCUT2D eigenvalue weighted by atomic mass is 32.2. The van der Waals surface area contributed by atoms with E-state index in [0.29, 0.717) is 12.1 Å². The van der Waals surface area contributed by atoms with Gasteiger partial charge in [-0.25, -0.2) is 4.39 Å². The van der Waals surface area contributed by atoms with Crippen LogP contribution in [0.3, 0.4) is 0 Å². The Bertz CT molecular complexity index is 506. The Kier molecular flexibility index (Phi) is 4.65. The fraction of sp³-hybridized carbons (Fsp3) is 0.429. The molecule has 1 fully saturated rings. The number of aliphatic carboxylic acids is 1. The lowest BCUT2D eigenvalue weighted by molar-refractivity contribution is -0.140. The predicted molar refractivity (Wildman–Crippen MR) is 75.0 cm³/mol. The van der Waals surface area contributed by atoms with E-state index in [9.17, 15) is 19.1 Å². The van der Waals surface area contributed by atoms with E-state index >= 15 is 0 Å². The first-order valence-electron chi connectivity index (χ1n) is 6.44. The summed E-state index contributed by atoms with van der Waals surface area (Å²) in [6.45, 7) is 2.44. The molecule has 4 nitrogen and oxygen atoms in total. The number of carboxylic acid groups (broad SMARTS) is 1. The number of hydrogen-bond acceptors (Lipinski definition) is 3.